The lowest BCUT2D eigenvalue weighted by atomic mass is 10.2. The van der Waals surface area contributed by atoms with Crippen molar-refractivity contribution in [3.63, 3.8) is 0 Å². The Kier molecular flexibility index (Phi) is 5.25. The third-order valence-electron chi connectivity index (χ3n) is 3.01. The van der Waals surface area contributed by atoms with Crippen molar-refractivity contribution in [2.75, 3.05) is 34.4 Å². The predicted octanol–water partition coefficient (Wildman–Crippen LogP) is 0.985. The minimum atomic E-state index is 0.539. The molecule has 0 radical (unpaired) electrons. The van der Waals surface area contributed by atoms with E-state index in [0.29, 0.717) is 23.2 Å². The molecule has 0 amide bonds. The standard InChI is InChI=1S/C14H20N4O3/c1-19-11-6-5-10(12(20-2)13(11)21-3)9-17-18-14-15-7-4-8-16-14/h5-6,9H,4,7-8H2,1-3H3,(H2,15,16,18)/b17-9-. The quantitative estimate of drug-likeness (QED) is 0.625. The number of nitrogens with one attached hydrogen (secondary N) is 2. The van der Waals surface area contributed by atoms with Gasteiger partial charge in [0.25, 0.3) is 0 Å². The lowest BCUT2D eigenvalue weighted by molar-refractivity contribution is 0.324. The fourth-order valence-electron chi connectivity index (χ4n) is 2.00. The van der Waals surface area contributed by atoms with Crippen molar-refractivity contribution in [2.45, 2.75) is 6.42 Å². The van der Waals surface area contributed by atoms with Crippen molar-refractivity contribution < 1.29 is 14.2 Å². The van der Waals surface area contributed by atoms with Gasteiger partial charge in [-0.15, -0.1) is 0 Å². The van der Waals surface area contributed by atoms with E-state index in [0.717, 1.165) is 25.1 Å². The second kappa shape index (κ2) is 7.37. The number of guanidine groups is 1. The van der Waals surface area contributed by atoms with Crippen molar-refractivity contribution in [1.29, 1.82) is 0 Å². The van der Waals surface area contributed by atoms with Crippen LogP contribution in [0.15, 0.2) is 22.2 Å². The predicted molar refractivity (Wildman–Crippen MR) is 81.7 cm³/mol. The van der Waals surface area contributed by atoms with E-state index in [1.807, 2.05) is 6.07 Å². The minimum Gasteiger partial charge on any atom is -0.493 e. The first-order valence-electron chi connectivity index (χ1n) is 6.66. The second-order valence-electron chi connectivity index (χ2n) is 4.30. The summed E-state index contributed by atoms with van der Waals surface area (Å²) in [5, 5.41) is 7.28. The first-order chi connectivity index (χ1) is 10.3. The molecular weight excluding hydrogens is 272 g/mol. The molecule has 0 saturated heterocycles. The highest BCUT2D eigenvalue weighted by atomic mass is 16.5. The topological polar surface area (TPSA) is 76.5 Å². The fourth-order valence-corrected chi connectivity index (χ4v) is 2.00. The summed E-state index contributed by atoms with van der Waals surface area (Å²) >= 11 is 0. The third-order valence-corrected chi connectivity index (χ3v) is 3.01. The van der Waals surface area contributed by atoms with Crippen LogP contribution in [0, 0.1) is 0 Å². The minimum absolute atomic E-state index is 0.539. The Morgan fingerprint density at radius 1 is 1.19 bits per heavy atom. The summed E-state index contributed by atoms with van der Waals surface area (Å²) in [6.45, 7) is 1.71. The largest absolute Gasteiger partial charge is 0.493 e. The second-order valence-corrected chi connectivity index (χ2v) is 4.30. The number of hydrazone groups is 1. The number of aliphatic imine (C=N–C) groups is 1. The van der Waals surface area contributed by atoms with Gasteiger partial charge in [-0.25, -0.2) is 5.43 Å². The number of nitrogens with zero attached hydrogens (tertiary/aromatic N) is 2. The van der Waals surface area contributed by atoms with Gasteiger partial charge in [-0.2, -0.15) is 5.10 Å². The van der Waals surface area contributed by atoms with Crippen molar-refractivity contribution in [2.24, 2.45) is 10.1 Å². The van der Waals surface area contributed by atoms with Crippen molar-refractivity contribution >= 4 is 12.2 Å². The SMILES string of the molecule is COc1ccc(/C=N\NC2=NCCCN2)c(OC)c1OC. The van der Waals surface area contributed by atoms with Crippen LogP contribution in [-0.4, -0.2) is 46.6 Å². The van der Waals surface area contributed by atoms with Crippen LogP contribution in [0.5, 0.6) is 17.2 Å². The third kappa shape index (κ3) is 3.56. The van der Waals surface area contributed by atoms with E-state index in [-0.39, 0.29) is 0 Å². The van der Waals surface area contributed by atoms with Crippen LogP contribution in [0.4, 0.5) is 0 Å². The first-order valence-corrected chi connectivity index (χ1v) is 6.66. The molecule has 0 bridgehead atoms. The van der Waals surface area contributed by atoms with Gasteiger partial charge in [0.15, 0.2) is 11.5 Å². The zero-order valence-electron chi connectivity index (χ0n) is 12.5. The van der Waals surface area contributed by atoms with Gasteiger partial charge in [-0.05, 0) is 18.6 Å². The lowest BCUT2D eigenvalue weighted by Gasteiger charge is -2.14. The first kappa shape index (κ1) is 15.0. The molecule has 0 saturated carbocycles. The normalized spacial score (nSPS) is 14.3. The summed E-state index contributed by atoms with van der Waals surface area (Å²) in [5.74, 6) is 2.40. The van der Waals surface area contributed by atoms with Gasteiger partial charge in [0.1, 0.15) is 0 Å². The fraction of sp³-hybridized carbons (Fsp3) is 0.429. The van der Waals surface area contributed by atoms with Crippen LogP contribution in [0.25, 0.3) is 0 Å². The van der Waals surface area contributed by atoms with E-state index >= 15 is 0 Å². The maximum Gasteiger partial charge on any atom is 0.212 e. The molecule has 0 atom stereocenters. The molecule has 0 aliphatic carbocycles. The van der Waals surface area contributed by atoms with Crippen molar-refractivity contribution in [3.05, 3.63) is 17.7 Å². The molecule has 21 heavy (non-hydrogen) atoms. The van der Waals surface area contributed by atoms with Crippen LogP contribution < -0.4 is 25.0 Å². The molecule has 2 rings (SSSR count). The zero-order valence-corrected chi connectivity index (χ0v) is 12.5. The Morgan fingerprint density at radius 3 is 2.62 bits per heavy atom. The molecule has 7 nitrogen and oxygen atoms in total. The van der Waals surface area contributed by atoms with E-state index in [1.54, 1.807) is 33.6 Å². The van der Waals surface area contributed by atoms with Crippen molar-refractivity contribution in [1.82, 2.24) is 10.7 Å². The molecule has 1 heterocycles. The number of rotatable bonds is 5. The Labute approximate surface area is 124 Å². The van der Waals surface area contributed by atoms with E-state index < -0.39 is 0 Å². The van der Waals surface area contributed by atoms with Gasteiger partial charge in [-0.1, -0.05) is 0 Å². The molecule has 1 aliphatic heterocycles. The van der Waals surface area contributed by atoms with Crippen LogP contribution in [0.2, 0.25) is 0 Å². The molecule has 1 aromatic carbocycles. The zero-order chi connectivity index (χ0) is 15.1. The van der Waals surface area contributed by atoms with Crippen LogP contribution in [-0.2, 0) is 0 Å². The molecule has 1 aliphatic rings. The Bertz CT molecular complexity index is 543. The molecule has 1 aromatic rings. The van der Waals surface area contributed by atoms with Crippen molar-refractivity contribution in [3.8, 4) is 17.2 Å². The van der Waals surface area contributed by atoms with Crippen LogP contribution in [0.1, 0.15) is 12.0 Å². The number of methoxy groups -OCH3 is 3. The van der Waals surface area contributed by atoms with E-state index in [1.165, 1.54) is 0 Å². The Morgan fingerprint density at radius 2 is 2.00 bits per heavy atom. The molecule has 0 spiro atoms. The van der Waals surface area contributed by atoms with Gasteiger partial charge >= 0.3 is 0 Å². The molecule has 114 valence electrons. The lowest BCUT2D eigenvalue weighted by Crippen LogP contribution is -2.38. The molecule has 7 heteroatoms. The molecule has 0 aromatic heterocycles. The van der Waals surface area contributed by atoms with E-state index in [4.69, 9.17) is 14.2 Å². The highest BCUT2D eigenvalue weighted by Gasteiger charge is 2.14. The molecule has 2 N–H and O–H groups in total. The highest BCUT2D eigenvalue weighted by Crippen LogP contribution is 2.38. The van der Waals surface area contributed by atoms with Gasteiger partial charge in [0.05, 0.1) is 27.5 Å². The van der Waals surface area contributed by atoms with Crippen LogP contribution in [0.3, 0.4) is 0 Å². The van der Waals surface area contributed by atoms with Gasteiger partial charge < -0.3 is 19.5 Å². The van der Waals surface area contributed by atoms with Gasteiger partial charge in [-0.3, -0.25) is 4.99 Å². The summed E-state index contributed by atoms with van der Waals surface area (Å²) in [6.07, 6.45) is 2.69. The Hall–Kier alpha value is -2.44. The van der Waals surface area contributed by atoms with E-state index in [9.17, 15) is 0 Å². The summed E-state index contributed by atoms with van der Waals surface area (Å²) in [7, 11) is 4.73. The molecule has 0 unspecified atom stereocenters. The number of hydrogen-bond acceptors (Lipinski definition) is 7. The average molecular weight is 292 g/mol. The Balaban J connectivity index is 2.17. The number of benzene rings is 1. The summed E-state index contributed by atoms with van der Waals surface area (Å²) in [6, 6.07) is 3.65. The van der Waals surface area contributed by atoms with Gasteiger partial charge in [0.2, 0.25) is 11.7 Å². The maximum absolute atomic E-state index is 5.38. The molecular formula is C14H20N4O3. The summed E-state index contributed by atoms with van der Waals surface area (Å²) in [5.41, 5.74) is 3.65. The summed E-state index contributed by atoms with van der Waals surface area (Å²) < 4.78 is 15.9. The molecule has 0 fully saturated rings. The number of hydrogen-bond donors (Lipinski definition) is 2. The summed E-state index contributed by atoms with van der Waals surface area (Å²) in [4.78, 5) is 4.27. The van der Waals surface area contributed by atoms with Gasteiger partial charge in [0, 0.05) is 18.7 Å². The maximum atomic E-state index is 5.38. The average Bonchev–Trinajstić information content (AvgIpc) is 2.55. The monoisotopic (exact) mass is 292 g/mol. The smallest absolute Gasteiger partial charge is 0.212 e. The highest BCUT2D eigenvalue weighted by molar-refractivity contribution is 5.88. The van der Waals surface area contributed by atoms with Crippen LogP contribution >= 0.6 is 0 Å². The number of ether oxygens (including phenoxy) is 3. The van der Waals surface area contributed by atoms with E-state index in [2.05, 4.69) is 20.8 Å².